The molecule has 1 radical (unpaired) electrons. The summed E-state index contributed by atoms with van der Waals surface area (Å²) in [6.45, 7) is 6.61. The average molecular weight is 236 g/mol. The van der Waals surface area contributed by atoms with E-state index in [0.29, 0.717) is 6.04 Å². The molecule has 1 nitrogen and oxygen atoms in total. The highest BCUT2D eigenvalue weighted by Gasteiger charge is 2.30. The second kappa shape index (κ2) is 4.58. The summed E-state index contributed by atoms with van der Waals surface area (Å²) in [7, 11) is 0. The summed E-state index contributed by atoms with van der Waals surface area (Å²) in [6.07, 6.45) is 0. The van der Waals surface area contributed by atoms with Gasteiger partial charge in [-0.05, 0) is 47.5 Å². The van der Waals surface area contributed by atoms with E-state index in [1.54, 1.807) is 0 Å². The molecule has 2 aromatic rings. The molecule has 91 valence electrons. The predicted molar refractivity (Wildman–Crippen MR) is 75.5 cm³/mol. The van der Waals surface area contributed by atoms with E-state index in [2.05, 4.69) is 61.2 Å². The van der Waals surface area contributed by atoms with Crippen LogP contribution in [0.2, 0.25) is 0 Å². The molecule has 2 aromatic carbocycles. The van der Waals surface area contributed by atoms with Crippen LogP contribution in [-0.2, 0) is 0 Å². The SMILES string of the molecule is CCN(CC)C1c2c[c]ccc2-c2ccccc21. The summed E-state index contributed by atoms with van der Waals surface area (Å²) >= 11 is 0. The molecule has 0 spiro atoms. The van der Waals surface area contributed by atoms with Crippen LogP contribution in [0.3, 0.4) is 0 Å². The van der Waals surface area contributed by atoms with E-state index in [-0.39, 0.29) is 0 Å². The van der Waals surface area contributed by atoms with Gasteiger partial charge in [-0.1, -0.05) is 50.2 Å². The molecule has 1 aliphatic carbocycles. The van der Waals surface area contributed by atoms with Crippen molar-refractivity contribution in [2.75, 3.05) is 13.1 Å². The maximum absolute atomic E-state index is 3.23. The van der Waals surface area contributed by atoms with E-state index in [1.165, 1.54) is 22.3 Å². The lowest BCUT2D eigenvalue weighted by atomic mass is 10.0. The maximum atomic E-state index is 3.23. The zero-order valence-electron chi connectivity index (χ0n) is 11.0. The van der Waals surface area contributed by atoms with E-state index in [0.717, 1.165) is 13.1 Å². The molecule has 1 unspecified atom stereocenters. The van der Waals surface area contributed by atoms with E-state index in [9.17, 15) is 0 Å². The van der Waals surface area contributed by atoms with Crippen LogP contribution in [0.25, 0.3) is 11.1 Å². The van der Waals surface area contributed by atoms with E-state index in [1.807, 2.05) is 6.07 Å². The highest BCUT2D eigenvalue weighted by atomic mass is 15.1. The smallest absolute Gasteiger partial charge is 0.0614 e. The Hall–Kier alpha value is -1.60. The molecule has 1 atom stereocenters. The number of fused-ring (bicyclic) bond motifs is 3. The fourth-order valence-corrected chi connectivity index (χ4v) is 3.05. The largest absolute Gasteiger partial charge is 0.293 e. The van der Waals surface area contributed by atoms with Crippen LogP contribution in [0.5, 0.6) is 0 Å². The Bertz CT molecular complexity index is 510. The molecule has 1 aliphatic rings. The first kappa shape index (κ1) is 11.5. The van der Waals surface area contributed by atoms with Crippen molar-refractivity contribution in [2.45, 2.75) is 19.9 Å². The Morgan fingerprint density at radius 1 is 1.00 bits per heavy atom. The first-order valence-electron chi connectivity index (χ1n) is 6.70. The summed E-state index contributed by atoms with van der Waals surface area (Å²) in [5.74, 6) is 0. The molecule has 0 fully saturated rings. The molecule has 0 aromatic heterocycles. The van der Waals surface area contributed by atoms with Crippen molar-refractivity contribution in [3.05, 3.63) is 59.7 Å². The van der Waals surface area contributed by atoms with Gasteiger partial charge in [0.2, 0.25) is 0 Å². The summed E-state index contributed by atoms with van der Waals surface area (Å²) in [6, 6.07) is 18.8. The third kappa shape index (κ3) is 1.58. The van der Waals surface area contributed by atoms with Gasteiger partial charge < -0.3 is 0 Å². The quantitative estimate of drug-likeness (QED) is 0.781. The highest BCUT2D eigenvalue weighted by molar-refractivity contribution is 5.78. The van der Waals surface area contributed by atoms with Crippen molar-refractivity contribution in [3.8, 4) is 11.1 Å². The normalized spacial score (nSPS) is 13.7. The molecular formula is C17H18N. The molecule has 0 saturated heterocycles. The van der Waals surface area contributed by atoms with Gasteiger partial charge in [-0.25, -0.2) is 0 Å². The van der Waals surface area contributed by atoms with Crippen molar-refractivity contribution < 1.29 is 0 Å². The number of hydrogen-bond acceptors (Lipinski definition) is 1. The Morgan fingerprint density at radius 3 is 2.50 bits per heavy atom. The molecule has 0 aliphatic heterocycles. The Kier molecular flexibility index (Phi) is 2.92. The molecule has 0 amide bonds. The maximum Gasteiger partial charge on any atom is 0.0614 e. The molecule has 3 rings (SSSR count). The minimum atomic E-state index is 0.406. The second-order valence-electron chi connectivity index (χ2n) is 4.72. The minimum Gasteiger partial charge on any atom is -0.293 e. The third-order valence-electron chi connectivity index (χ3n) is 3.91. The van der Waals surface area contributed by atoms with E-state index < -0.39 is 0 Å². The van der Waals surface area contributed by atoms with Crippen LogP contribution in [-0.4, -0.2) is 18.0 Å². The first-order chi connectivity index (χ1) is 8.86. The molecule has 18 heavy (non-hydrogen) atoms. The van der Waals surface area contributed by atoms with Gasteiger partial charge in [-0.2, -0.15) is 0 Å². The van der Waals surface area contributed by atoms with Gasteiger partial charge in [-0.3, -0.25) is 4.90 Å². The van der Waals surface area contributed by atoms with Gasteiger partial charge in [0.05, 0.1) is 6.04 Å². The molecule has 1 heteroatoms. The van der Waals surface area contributed by atoms with Gasteiger partial charge in [0.1, 0.15) is 0 Å². The highest BCUT2D eigenvalue weighted by Crippen LogP contribution is 2.45. The third-order valence-corrected chi connectivity index (χ3v) is 3.91. The number of rotatable bonds is 3. The Morgan fingerprint density at radius 2 is 1.72 bits per heavy atom. The fourth-order valence-electron chi connectivity index (χ4n) is 3.05. The van der Waals surface area contributed by atoms with Crippen LogP contribution in [0.1, 0.15) is 31.0 Å². The van der Waals surface area contributed by atoms with Crippen LogP contribution in [0, 0.1) is 6.07 Å². The van der Waals surface area contributed by atoms with Crippen molar-refractivity contribution >= 4 is 0 Å². The topological polar surface area (TPSA) is 3.24 Å². The van der Waals surface area contributed by atoms with E-state index >= 15 is 0 Å². The average Bonchev–Trinajstić information content (AvgIpc) is 2.76. The molecule has 0 bridgehead atoms. The van der Waals surface area contributed by atoms with Crippen molar-refractivity contribution in [2.24, 2.45) is 0 Å². The Balaban J connectivity index is 2.20. The van der Waals surface area contributed by atoms with Gasteiger partial charge in [0, 0.05) is 0 Å². The van der Waals surface area contributed by atoms with Crippen LogP contribution < -0.4 is 0 Å². The number of benzene rings is 2. The van der Waals surface area contributed by atoms with Crippen LogP contribution >= 0.6 is 0 Å². The number of nitrogens with zero attached hydrogens (tertiary/aromatic N) is 1. The van der Waals surface area contributed by atoms with Crippen molar-refractivity contribution in [3.63, 3.8) is 0 Å². The van der Waals surface area contributed by atoms with Gasteiger partial charge >= 0.3 is 0 Å². The van der Waals surface area contributed by atoms with Crippen LogP contribution in [0.15, 0.2) is 42.5 Å². The van der Waals surface area contributed by atoms with Gasteiger partial charge in [0.15, 0.2) is 0 Å². The van der Waals surface area contributed by atoms with Crippen molar-refractivity contribution in [1.29, 1.82) is 0 Å². The first-order valence-corrected chi connectivity index (χ1v) is 6.70. The fraction of sp³-hybridized carbons (Fsp3) is 0.294. The lowest BCUT2D eigenvalue weighted by Crippen LogP contribution is -2.27. The molecule has 0 saturated carbocycles. The van der Waals surface area contributed by atoms with E-state index in [4.69, 9.17) is 0 Å². The van der Waals surface area contributed by atoms with Crippen LogP contribution in [0.4, 0.5) is 0 Å². The van der Waals surface area contributed by atoms with Crippen molar-refractivity contribution in [1.82, 2.24) is 4.90 Å². The minimum absolute atomic E-state index is 0.406. The van der Waals surface area contributed by atoms with Gasteiger partial charge in [0.25, 0.3) is 0 Å². The zero-order valence-corrected chi connectivity index (χ0v) is 11.0. The molecule has 0 N–H and O–H groups in total. The Labute approximate surface area is 109 Å². The second-order valence-corrected chi connectivity index (χ2v) is 4.72. The zero-order chi connectivity index (χ0) is 12.5. The summed E-state index contributed by atoms with van der Waals surface area (Å²) in [4.78, 5) is 2.51. The van der Waals surface area contributed by atoms with Gasteiger partial charge in [-0.15, -0.1) is 0 Å². The lowest BCUT2D eigenvalue weighted by molar-refractivity contribution is 0.254. The summed E-state index contributed by atoms with van der Waals surface area (Å²) in [5, 5.41) is 0. The summed E-state index contributed by atoms with van der Waals surface area (Å²) < 4.78 is 0. The lowest BCUT2D eigenvalue weighted by Gasteiger charge is -2.27. The summed E-state index contributed by atoms with van der Waals surface area (Å²) in [5.41, 5.74) is 5.61. The molecule has 0 heterocycles. The monoisotopic (exact) mass is 236 g/mol. The number of hydrogen-bond donors (Lipinski definition) is 0. The predicted octanol–water partition coefficient (Wildman–Crippen LogP) is 3.90. The molecular weight excluding hydrogens is 218 g/mol. The standard InChI is InChI=1S/C17H18N/c1-3-18(4-2)17-15-11-7-5-9-13(15)14-10-6-8-12-16(14)17/h5-7,9-12,17H,3-4H2,1-2H3.